The maximum Gasteiger partial charge on any atom is 0.143 e. The van der Waals surface area contributed by atoms with E-state index in [2.05, 4.69) is 193 Å². The highest BCUT2D eigenvalue weighted by Gasteiger charge is 2.51. The molecule has 1 spiro atoms. The van der Waals surface area contributed by atoms with Crippen LogP contribution in [0, 0.1) is 0 Å². The molecule has 9 aromatic carbocycles. The van der Waals surface area contributed by atoms with Gasteiger partial charge < -0.3 is 9.32 Å². The monoisotopic (exact) mass is 731 g/mol. The molecule has 0 unspecified atom stereocenters. The highest BCUT2D eigenvalue weighted by Crippen LogP contribution is 2.64. The Kier molecular flexibility index (Phi) is 6.81. The van der Waals surface area contributed by atoms with E-state index in [1.165, 1.54) is 53.9 Å². The van der Waals surface area contributed by atoms with Gasteiger partial charge in [-0.15, -0.1) is 0 Å². The predicted molar refractivity (Wildman–Crippen MR) is 233 cm³/mol. The van der Waals surface area contributed by atoms with Gasteiger partial charge in [-0.2, -0.15) is 0 Å². The van der Waals surface area contributed by atoms with Crippen LogP contribution in [-0.2, 0) is 5.41 Å². The van der Waals surface area contributed by atoms with Gasteiger partial charge >= 0.3 is 0 Å². The lowest BCUT2D eigenvalue weighted by molar-refractivity contribution is 0.670. The zero-order valence-electron chi connectivity index (χ0n) is 30.3. The van der Waals surface area contributed by atoms with Crippen molar-refractivity contribution in [1.29, 1.82) is 0 Å². The van der Waals surface area contributed by atoms with Gasteiger partial charge in [-0.3, -0.25) is 0 Å². The SMILES string of the molecule is c1ccc(N(c2ccc(-c3cccc4c3oc3ccccc34)cc2)c2cccc3c2Sc2cc4ccccc4cc2C32c3ccccc3-c3ccccc32)cc1. The fourth-order valence-electron chi connectivity index (χ4n) is 9.54. The third kappa shape index (κ3) is 4.40. The number of anilines is 3. The maximum atomic E-state index is 6.45. The molecular formula is C53H33NOS. The molecule has 2 heterocycles. The minimum atomic E-state index is -0.485. The van der Waals surface area contributed by atoms with Crippen LogP contribution in [0.3, 0.4) is 0 Å². The first-order chi connectivity index (χ1) is 27.8. The smallest absolute Gasteiger partial charge is 0.143 e. The van der Waals surface area contributed by atoms with Crippen LogP contribution in [0.25, 0.3) is 55.0 Å². The van der Waals surface area contributed by atoms with Gasteiger partial charge in [0.25, 0.3) is 0 Å². The van der Waals surface area contributed by atoms with Crippen LogP contribution in [0.15, 0.2) is 214 Å². The largest absolute Gasteiger partial charge is 0.455 e. The van der Waals surface area contributed by atoms with Crippen LogP contribution < -0.4 is 4.90 Å². The van der Waals surface area contributed by atoms with Crippen molar-refractivity contribution in [3.05, 3.63) is 222 Å². The first-order valence-electron chi connectivity index (χ1n) is 19.2. The van der Waals surface area contributed by atoms with Gasteiger partial charge in [0.05, 0.1) is 11.1 Å². The van der Waals surface area contributed by atoms with Crippen molar-refractivity contribution < 1.29 is 4.42 Å². The third-order valence-electron chi connectivity index (χ3n) is 11.9. The average Bonchev–Trinajstić information content (AvgIpc) is 3.79. The Labute approximate surface area is 329 Å². The van der Waals surface area contributed by atoms with Gasteiger partial charge in [-0.05, 0) is 98.2 Å². The quantitative estimate of drug-likeness (QED) is 0.179. The summed E-state index contributed by atoms with van der Waals surface area (Å²) < 4.78 is 6.45. The van der Waals surface area contributed by atoms with Gasteiger partial charge in [0.15, 0.2) is 0 Å². The van der Waals surface area contributed by atoms with Crippen molar-refractivity contribution in [3.63, 3.8) is 0 Å². The van der Waals surface area contributed by atoms with Crippen molar-refractivity contribution in [3.8, 4) is 22.3 Å². The van der Waals surface area contributed by atoms with Crippen molar-refractivity contribution >= 4 is 61.5 Å². The van der Waals surface area contributed by atoms with E-state index >= 15 is 0 Å². The lowest BCUT2D eigenvalue weighted by atomic mass is 9.67. The molecular weight excluding hydrogens is 699 g/mol. The lowest BCUT2D eigenvalue weighted by Gasteiger charge is -2.41. The van der Waals surface area contributed by atoms with Crippen molar-refractivity contribution in [1.82, 2.24) is 0 Å². The van der Waals surface area contributed by atoms with Gasteiger partial charge in [-0.1, -0.05) is 163 Å². The molecule has 2 nitrogen and oxygen atoms in total. The molecule has 1 aliphatic heterocycles. The Bertz CT molecular complexity index is 3130. The van der Waals surface area contributed by atoms with Gasteiger partial charge in [0, 0.05) is 37.5 Å². The topological polar surface area (TPSA) is 16.4 Å². The Balaban J connectivity index is 1.09. The summed E-state index contributed by atoms with van der Waals surface area (Å²) in [6.07, 6.45) is 0. The third-order valence-corrected chi connectivity index (χ3v) is 13.1. The van der Waals surface area contributed by atoms with Crippen LogP contribution in [0.5, 0.6) is 0 Å². The van der Waals surface area contributed by atoms with E-state index in [-0.39, 0.29) is 0 Å². The predicted octanol–water partition coefficient (Wildman–Crippen LogP) is 14.7. The molecule has 0 bridgehead atoms. The molecule has 0 saturated heterocycles. The second kappa shape index (κ2) is 12.1. The van der Waals surface area contributed by atoms with Gasteiger partial charge in [-0.25, -0.2) is 0 Å². The second-order valence-electron chi connectivity index (χ2n) is 14.8. The summed E-state index contributed by atoms with van der Waals surface area (Å²) in [6.45, 7) is 0. The standard InChI is InChI=1S/C53H33NOS/c1-2-16-37(17-3-1)54(38-30-28-34(29-31-38)39-21-12-22-43-42-20-8-11-27-49(42)55-51(39)43)48-26-13-25-46-52(48)56-50-33-36-15-5-4-14-35(36)32-47(50)53(46)44-23-9-6-18-40(44)41-19-7-10-24-45(41)53/h1-33H. The van der Waals surface area contributed by atoms with E-state index in [9.17, 15) is 0 Å². The zero-order valence-corrected chi connectivity index (χ0v) is 31.1. The van der Waals surface area contributed by atoms with Gasteiger partial charge in [0.2, 0.25) is 0 Å². The second-order valence-corrected chi connectivity index (χ2v) is 15.8. The maximum absolute atomic E-state index is 6.45. The number of hydrogen-bond acceptors (Lipinski definition) is 3. The number of furan rings is 1. The molecule has 0 saturated carbocycles. The molecule has 56 heavy (non-hydrogen) atoms. The van der Waals surface area contributed by atoms with Crippen LogP contribution in [-0.4, -0.2) is 0 Å². The Morgan fingerprint density at radius 2 is 1.02 bits per heavy atom. The molecule has 262 valence electrons. The number of nitrogens with zero attached hydrogens (tertiary/aromatic N) is 1. The fourth-order valence-corrected chi connectivity index (χ4v) is 10.9. The summed E-state index contributed by atoms with van der Waals surface area (Å²) in [5.74, 6) is 0. The van der Waals surface area contributed by atoms with E-state index in [1.807, 2.05) is 23.9 Å². The van der Waals surface area contributed by atoms with Crippen molar-refractivity contribution in [2.45, 2.75) is 15.2 Å². The number of fused-ring (bicyclic) bond motifs is 13. The number of para-hydroxylation sites is 3. The molecule has 2 aliphatic rings. The average molecular weight is 732 g/mol. The lowest BCUT2D eigenvalue weighted by Crippen LogP contribution is -2.32. The molecule has 0 radical (unpaired) electrons. The molecule has 1 aromatic heterocycles. The minimum absolute atomic E-state index is 0.485. The molecule has 0 amide bonds. The van der Waals surface area contributed by atoms with Crippen molar-refractivity contribution in [2.24, 2.45) is 0 Å². The summed E-state index contributed by atoms with van der Waals surface area (Å²) in [7, 11) is 0. The summed E-state index contributed by atoms with van der Waals surface area (Å²) in [6, 6.07) is 73.2. The normalized spacial score (nSPS) is 13.4. The van der Waals surface area contributed by atoms with Crippen LogP contribution in [0.1, 0.15) is 22.3 Å². The van der Waals surface area contributed by atoms with E-state index in [1.54, 1.807) is 0 Å². The van der Waals surface area contributed by atoms with Crippen molar-refractivity contribution in [2.75, 3.05) is 4.90 Å². The van der Waals surface area contributed by atoms with Crippen LogP contribution in [0.4, 0.5) is 17.1 Å². The Morgan fingerprint density at radius 1 is 0.429 bits per heavy atom. The van der Waals surface area contributed by atoms with Crippen LogP contribution in [0.2, 0.25) is 0 Å². The highest BCUT2D eigenvalue weighted by molar-refractivity contribution is 7.99. The highest BCUT2D eigenvalue weighted by atomic mass is 32.2. The fraction of sp³-hybridized carbons (Fsp3) is 0.0189. The Hall–Kier alpha value is -6.81. The molecule has 10 aromatic rings. The first-order valence-corrected chi connectivity index (χ1v) is 20.0. The number of hydrogen-bond donors (Lipinski definition) is 0. The van der Waals surface area contributed by atoms with E-state index in [4.69, 9.17) is 4.42 Å². The summed E-state index contributed by atoms with van der Waals surface area (Å²) in [4.78, 5) is 4.99. The molecule has 12 rings (SSSR count). The molecule has 0 fully saturated rings. The summed E-state index contributed by atoms with van der Waals surface area (Å²) in [5.41, 5.74) is 14.9. The Morgan fingerprint density at radius 3 is 1.80 bits per heavy atom. The number of benzene rings is 9. The first kappa shape index (κ1) is 31.5. The zero-order chi connectivity index (χ0) is 36.8. The van der Waals surface area contributed by atoms with E-state index in [0.717, 1.165) is 50.1 Å². The minimum Gasteiger partial charge on any atom is -0.455 e. The molecule has 0 N–H and O–H groups in total. The summed E-state index contributed by atoms with van der Waals surface area (Å²) >= 11 is 1.90. The summed E-state index contributed by atoms with van der Waals surface area (Å²) in [5, 5.41) is 4.79. The molecule has 0 atom stereocenters. The van der Waals surface area contributed by atoms with E-state index in [0.29, 0.717) is 0 Å². The van der Waals surface area contributed by atoms with Gasteiger partial charge in [0.1, 0.15) is 11.2 Å². The molecule has 3 heteroatoms. The number of rotatable bonds is 4. The molecule has 1 aliphatic carbocycles. The van der Waals surface area contributed by atoms with E-state index < -0.39 is 5.41 Å². The van der Waals surface area contributed by atoms with Crippen LogP contribution >= 0.6 is 11.8 Å².